The number of hydrogen-bond acceptors (Lipinski definition) is 4. The van der Waals surface area contributed by atoms with Gasteiger partial charge in [0.2, 0.25) is 0 Å². The molecule has 2 rings (SSSR count). The average molecular weight is 299 g/mol. The number of aliphatic hydroxyl groups excluding tert-OH is 1. The molecule has 2 heterocycles. The first kappa shape index (κ1) is 16.0. The maximum Gasteiger partial charge on any atom is 0.326 e. The summed E-state index contributed by atoms with van der Waals surface area (Å²) in [6.07, 6.45) is 0.298. The predicted molar refractivity (Wildman–Crippen MR) is 77.0 cm³/mol. The number of carbonyl (C=O) groups is 2. The Kier molecular flexibility index (Phi) is 5.05. The fourth-order valence-electron chi connectivity index (χ4n) is 3.39. The average Bonchev–Trinajstić information content (AvgIpc) is 3.06. The zero-order valence-corrected chi connectivity index (χ0v) is 12.7. The first-order chi connectivity index (χ1) is 9.97. The Balaban J connectivity index is 1.99. The molecule has 2 N–H and O–H groups in total. The molecular weight excluding hydrogens is 274 g/mol. The Morgan fingerprint density at radius 3 is 2.48 bits per heavy atom. The molecule has 2 fully saturated rings. The minimum Gasteiger partial charge on any atom is -0.480 e. The second kappa shape index (κ2) is 6.62. The van der Waals surface area contributed by atoms with E-state index in [2.05, 4.69) is 18.7 Å². The van der Waals surface area contributed by atoms with Crippen LogP contribution < -0.4 is 0 Å². The summed E-state index contributed by atoms with van der Waals surface area (Å²) in [7, 11) is 0. The van der Waals surface area contributed by atoms with Gasteiger partial charge in [-0.3, -0.25) is 4.90 Å². The Morgan fingerprint density at radius 1 is 1.24 bits per heavy atom. The number of aliphatic hydroxyl groups is 1. The Morgan fingerprint density at radius 2 is 1.90 bits per heavy atom. The van der Waals surface area contributed by atoms with Gasteiger partial charge in [-0.05, 0) is 19.5 Å². The van der Waals surface area contributed by atoms with Gasteiger partial charge in [0, 0.05) is 32.1 Å². The van der Waals surface area contributed by atoms with Crippen LogP contribution in [0.4, 0.5) is 4.79 Å². The minimum absolute atomic E-state index is 0.113. The monoisotopic (exact) mass is 299 g/mol. The lowest BCUT2D eigenvalue weighted by Crippen LogP contribution is -2.48. The molecule has 3 atom stereocenters. The number of likely N-dealkylation sites (N-methyl/N-ethyl adjacent to an activating group) is 1. The van der Waals surface area contributed by atoms with Crippen molar-refractivity contribution in [2.75, 3.05) is 32.7 Å². The van der Waals surface area contributed by atoms with E-state index in [4.69, 9.17) is 0 Å². The van der Waals surface area contributed by atoms with Crippen molar-refractivity contribution in [2.24, 2.45) is 0 Å². The van der Waals surface area contributed by atoms with Gasteiger partial charge in [-0.2, -0.15) is 0 Å². The highest BCUT2D eigenvalue weighted by atomic mass is 16.4. The molecule has 0 aliphatic carbocycles. The number of nitrogens with zero attached hydrogens (tertiary/aromatic N) is 3. The summed E-state index contributed by atoms with van der Waals surface area (Å²) in [6.45, 7) is 7.50. The van der Waals surface area contributed by atoms with E-state index in [1.165, 1.54) is 4.90 Å². The zero-order valence-electron chi connectivity index (χ0n) is 12.7. The van der Waals surface area contributed by atoms with Gasteiger partial charge in [0.15, 0.2) is 0 Å². The molecule has 2 amide bonds. The number of likely N-dealkylation sites (tertiary alicyclic amines) is 2. The highest BCUT2D eigenvalue weighted by Gasteiger charge is 2.42. The van der Waals surface area contributed by atoms with Gasteiger partial charge in [-0.25, -0.2) is 9.59 Å². The molecule has 7 heteroatoms. The topological polar surface area (TPSA) is 84.3 Å². The molecule has 7 nitrogen and oxygen atoms in total. The van der Waals surface area contributed by atoms with Crippen molar-refractivity contribution in [1.29, 1.82) is 0 Å². The molecule has 0 aromatic heterocycles. The van der Waals surface area contributed by atoms with Crippen LogP contribution in [0.2, 0.25) is 0 Å². The highest BCUT2D eigenvalue weighted by molar-refractivity contribution is 5.83. The zero-order chi connectivity index (χ0) is 15.6. The molecule has 0 aromatic carbocycles. The number of rotatable bonds is 4. The number of carbonyl (C=O) groups excluding carboxylic acids is 1. The van der Waals surface area contributed by atoms with E-state index < -0.39 is 18.1 Å². The summed E-state index contributed by atoms with van der Waals surface area (Å²) in [4.78, 5) is 29.1. The maximum atomic E-state index is 12.5. The SMILES string of the molecule is CCN(CC)C1CCN(C(=O)N2C[C@H](O)C[C@H]2C(=O)O)C1. The summed E-state index contributed by atoms with van der Waals surface area (Å²) < 4.78 is 0. The first-order valence-electron chi connectivity index (χ1n) is 7.68. The number of carboxylic acids is 1. The van der Waals surface area contributed by atoms with Gasteiger partial charge in [-0.1, -0.05) is 13.8 Å². The van der Waals surface area contributed by atoms with Crippen LogP contribution >= 0.6 is 0 Å². The van der Waals surface area contributed by atoms with Crippen molar-refractivity contribution in [2.45, 2.75) is 44.9 Å². The standard InChI is InChI=1S/C14H25N3O4/c1-3-15(4-2)10-5-6-16(8-10)14(21)17-9-11(18)7-12(17)13(19)20/h10-12,18H,3-9H2,1-2H3,(H,19,20)/t10?,11-,12+/m1/s1. The quantitative estimate of drug-likeness (QED) is 0.766. The number of urea groups is 1. The van der Waals surface area contributed by atoms with Crippen LogP contribution in [-0.2, 0) is 4.79 Å². The lowest BCUT2D eigenvalue weighted by Gasteiger charge is -2.29. The number of hydrogen-bond donors (Lipinski definition) is 2. The van der Waals surface area contributed by atoms with E-state index in [0.29, 0.717) is 19.1 Å². The van der Waals surface area contributed by atoms with E-state index in [1.54, 1.807) is 4.90 Å². The second-order valence-electron chi connectivity index (χ2n) is 5.79. The highest BCUT2D eigenvalue weighted by Crippen LogP contribution is 2.23. The van der Waals surface area contributed by atoms with Gasteiger partial charge >= 0.3 is 12.0 Å². The van der Waals surface area contributed by atoms with Crippen molar-refractivity contribution in [3.8, 4) is 0 Å². The lowest BCUT2D eigenvalue weighted by atomic mass is 10.2. The molecule has 0 aromatic rings. The van der Waals surface area contributed by atoms with Crippen LogP contribution in [0.15, 0.2) is 0 Å². The van der Waals surface area contributed by atoms with Crippen LogP contribution in [0, 0.1) is 0 Å². The summed E-state index contributed by atoms with van der Waals surface area (Å²) in [5.41, 5.74) is 0. The van der Waals surface area contributed by atoms with Crippen molar-refractivity contribution < 1.29 is 19.8 Å². The third-order valence-corrected chi connectivity index (χ3v) is 4.57. The molecule has 2 aliphatic heterocycles. The molecule has 120 valence electrons. The second-order valence-corrected chi connectivity index (χ2v) is 5.79. The van der Waals surface area contributed by atoms with Gasteiger partial charge in [0.05, 0.1) is 6.10 Å². The normalized spacial score (nSPS) is 29.4. The molecule has 0 saturated carbocycles. The molecule has 0 bridgehead atoms. The Labute approximate surface area is 125 Å². The van der Waals surface area contributed by atoms with E-state index in [0.717, 1.165) is 19.5 Å². The van der Waals surface area contributed by atoms with Crippen LogP contribution in [0.1, 0.15) is 26.7 Å². The van der Waals surface area contributed by atoms with Crippen molar-refractivity contribution in [3.63, 3.8) is 0 Å². The van der Waals surface area contributed by atoms with E-state index in [9.17, 15) is 19.8 Å². The number of carboxylic acid groups (broad SMARTS) is 1. The molecule has 2 aliphatic rings. The number of aliphatic carboxylic acids is 1. The summed E-state index contributed by atoms with van der Waals surface area (Å²) in [5, 5.41) is 18.8. The van der Waals surface area contributed by atoms with Crippen molar-refractivity contribution >= 4 is 12.0 Å². The van der Waals surface area contributed by atoms with E-state index in [1.807, 2.05) is 0 Å². The molecule has 1 unspecified atom stereocenters. The first-order valence-corrected chi connectivity index (χ1v) is 7.68. The summed E-state index contributed by atoms with van der Waals surface area (Å²) in [6, 6.07) is -0.812. The minimum atomic E-state index is -1.04. The van der Waals surface area contributed by atoms with E-state index in [-0.39, 0.29) is 19.0 Å². The van der Waals surface area contributed by atoms with Gasteiger partial charge in [0.1, 0.15) is 6.04 Å². The Bertz CT molecular complexity index is 400. The largest absolute Gasteiger partial charge is 0.480 e. The van der Waals surface area contributed by atoms with Crippen molar-refractivity contribution in [3.05, 3.63) is 0 Å². The number of amides is 2. The van der Waals surface area contributed by atoms with Crippen LogP contribution in [0.25, 0.3) is 0 Å². The molecular formula is C14H25N3O4. The van der Waals surface area contributed by atoms with Crippen molar-refractivity contribution in [1.82, 2.24) is 14.7 Å². The fraction of sp³-hybridized carbons (Fsp3) is 0.857. The van der Waals surface area contributed by atoms with Crippen LogP contribution in [0.3, 0.4) is 0 Å². The smallest absolute Gasteiger partial charge is 0.326 e. The molecule has 0 radical (unpaired) electrons. The maximum absolute atomic E-state index is 12.5. The Hall–Kier alpha value is -1.34. The van der Waals surface area contributed by atoms with Gasteiger partial charge in [-0.15, -0.1) is 0 Å². The molecule has 2 saturated heterocycles. The lowest BCUT2D eigenvalue weighted by molar-refractivity contribution is -0.141. The predicted octanol–water partition coefficient (Wildman–Crippen LogP) is 0.0423. The van der Waals surface area contributed by atoms with E-state index >= 15 is 0 Å². The van der Waals surface area contributed by atoms with Gasteiger partial charge in [0.25, 0.3) is 0 Å². The molecule has 0 spiro atoms. The summed E-state index contributed by atoms with van der Waals surface area (Å²) >= 11 is 0. The van der Waals surface area contributed by atoms with Crippen LogP contribution in [-0.4, -0.2) is 87.8 Å². The third-order valence-electron chi connectivity index (χ3n) is 4.57. The summed E-state index contributed by atoms with van der Waals surface area (Å²) in [5.74, 6) is -1.04. The van der Waals surface area contributed by atoms with Gasteiger partial charge < -0.3 is 20.0 Å². The number of β-amino-alcohol motifs (C(OH)–C–C–N with tert-alkyl or cyclic N) is 1. The third kappa shape index (κ3) is 3.29. The fourth-order valence-corrected chi connectivity index (χ4v) is 3.39. The molecule has 21 heavy (non-hydrogen) atoms. The van der Waals surface area contributed by atoms with Crippen LogP contribution in [0.5, 0.6) is 0 Å².